The molecule has 110 valence electrons. The first-order valence-corrected chi connectivity index (χ1v) is 6.27. The predicted molar refractivity (Wildman–Crippen MR) is 78.4 cm³/mol. The molecule has 2 rings (SSSR count). The number of carbonyl (C=O) groups is 2. The zero-order chi connectivity index (χ0) is 15.4. The van der Waals surface area contributed by atoms with Crippen LogP contribution in [0.2, 0.25) is 0 Å². The molecule has 0 spiro atoms. The quantitative estimate of drug-likeness (QED) is 0.847. The molecule has 1 aromatic heterocycles. The number of methoxy groups -OCH3 is 1. The molecule has 1 heterocycles. The first kappa shape index (κ1) is 14.6. The number of rotatable bonds is 3. The van der Waals surface area contributed by atoms with Crippen LogP contribution in [0.25, 0.3) is 0 Å². The van der Waals surface area contributed by atoms with E-state index < -0.39 is 12.0 Å². The normalized spacial score (nSPS) is 10.0. The van der Waals surface area contributed by atoms with Gasteiger partial charge < -0.3 is 10.1 Å². The number of aryl methyl sites for hydroxylation is 2. The largest absolute Gasteiger partial charge is 0.465 e. The number of nitrogens with zero attached hydrogens (tertiary/aromatic N) is 2. The van der Waals surface area contributed by atoms with Crippen LogP contribution in [-0.4, -0.2) is 28.9 Å². The second-order valence-corrected chi connectivity index (χ2v) is 4.41. The Hall–Kier alpha value is -2.83. The van der Waals surface area contributed by atoms with Crippen LogP contribution in [0.15, 0.2) is 30.3 Å². The number of anilines is 2. The van der Waals surface area contributed by atoms with Crippen molar-refractivity contribution in [2.24, 2.45) is 7.05 Å². The Morgan fingerprint density at radius 3 is 2.57 bits per heavy atom. The highest BCUT2D eigenvalue weighted by molar-refractivity contribution is 6.04. The van der Waals surface area contributed by atoms with Gasteiger partial charge in [0, 0.05) is 18.8 Å². The SMILES string of the molecule is COC(=O)c1ccccc1NC(=O)Nc1cc(C)n(C)n1. The first-order chi connectivity index (χ1) is 10.0. The molecule has 0 saturated carbocycles. The lowest BCUT2D eigenvalue weighted by Crippen LogP contribution is -2.21. The average molecular weight is 288 g/mol. The van der Waals surface area contributed by atoms with Crippen LogP contribution >= 0.6 is 0 Å². The van der Waals surface area contributed by atoms with E-state index in [0.29, 0.717) is 11.5 Å². The maximum absolute atomic E-state index is 11.9. The number of esters is 1. The van der Waals surface area contributed by atoms with E-state index in [1.807, 2.05) is 6.92 Å². The fraction of sp³-hybridized carbons (Fsp3) is 0.214. The molecule has 7 nitrogen and oxygen atoms in total. The van der Waals surface area contributed by atoms with Crippen molar-refractivity contribution in [3.05, 3.63) is 41.6 Å². The molecule has 2 N–H and O–H groups in total. The summed E-state index contributed by atoms with van der Waals surface area (Å²) in [5.74, 6) is -0.0809. The van der Waals surface area contributed by atoms with Crippen molar-refractivity contribution < 1.29 is 14.3 Å². The lowest BCUT2D eigenvalue weighted by Gasteiger charge is -2.09. The van der Waals surface area contributed by atoms with E-state index in [4.69, 9.17) is 0 Å². The molecule has 0 unspecified atom stereocenters. The van der Waals surface area contributed by atoms with E-state index in [-0.39, 0.29) is 5.56 Å². The number of ether oxygens (including phenoxy) is 1. The molecule has 21 heavy (non-hydrogen) atoms. The highest BCUT2D eigenvalue weighted by Gasteiger charge is 2.13. The Kier molecular flexibility index (Phi) is 4.22. The molecule has 0 saturated heterocycles. The Labute approximate surface area is 121 Å². The van der Waals surface area contributed by atoms with Gasteiger partial charge in [0.2, 0.25) is 0 Å². The molecule has 0 aliphatic rings. The molecule has 0 aliphatic carbocycles. The number of amides is 2. The minimum absolute atomic E-state index is 0.285. The van der Waals surface area contributed by atoms with E-state index in [0.717, 1.165) is 5.69 Å². The molecule has 0 atom stereocenters. The van der Waals surface area contributed by atoms with E-state index in [1.54, 1.807) is 42.1 Å². The Bertz CT molecular complexity index is 659. The second kappa shape index (κ2) is 6.08. The van der Waals surface area contributed by atoms with Crippen LogP contribution in [0, 0.1) is 6.92 Å². The van der Waals surface area contributed by atoms with Crippen LogP contribution in [0.1, 0.15) is 16.1 Å². The standard InChI is InChI=1S/C14H16N4O3/c1-9-8-12(17-18(9)2)16-14(20)15-11-7-5-4-6-10(11)13(19)21-3/h4-8H,1-3H3,(H2,15,16,17,20). The molecular weight excluding hydrogens is 272 g/mol. The van der Waals surface area contributed by atoms with E-state index in [1.165, 1.54) is 7.11 Å². The summed E-state index contributed by atoms with van der Waals surface area (Å²) in [6.45, 7) is 1.88. The molecule has 0 fully saturated rings. The summed E-state index contributed by atoms with van der Waals surface area (Å²) < 4.78 is 6.32. The van der Waals surface area contributed by atoms with Crippen LogP contribution in [0.4, 0.5) is 16.3 Å². The summed E-state index contributed by atoms with van der Waals surface area (Å²) in [6.07, 6.45) is 0. The van der Waals surface area contributed by atoms with Crippen molar-refractivity contribution in [1.29, 1.82) is 0 Å². The van der Waals surface area contributed by atoms with Gasteiger partial charge in [0.1, 0.15) is 0 Å². The number of para-hydroxylation sites is 1. The number of urea groups is 1. The number of hydrogen-bond donors (Lipinski definition) is 2. The minimum Gasteiger partial charge on any atom is -0.465 e. The lowest BCUT2D eigenvalue weighted by atomic mass is 10.2. The van der Waals surface area contributed by atoms with Crippen LogP contribution in [-0.2, 0) is 11.8 Å². The van der Waals surface area contributed by atoms with Crippen molar-refractivity contribution in [3.8, 4) is 0 Å². The third kappa shape index (κ3) is 3.38. The highest BCUT2D eigenvalue weighted by atomic mass is 16.5. The van der Waals surface area contributed by atoms with Crippen molar-refractivity contribution in [2.75, 3.05) is 17.7 Å². The molecule has 2 amide bonds. The van der Waals surface area contributed by atoms with Crippen LogP contribution in [0.3, 0.4) is 0 Å². The van der Waals surface area contributed by atoms with Crippen LogP contribution in [0.5, 0.6) is 0 Å². The monoisotopic (exact) mass is 288 g/mol. The summed E-state index contributed by atoms with van der Waals surface area (Å²) in [6, 6.07) is 7.86. The average Bonchev–Trinajstić information content (AvgIpc) is 2.76. The van der Waals surface area contributed by atoms with E-state index in [9.17, 15) is 9.59 Å². The smallest absolute Gasteiger partial charge is 0.339 e. The Morgan fingerprint density at radius 2 is 1.95 bits per heavy atom. The summed E-state index contributed by atoms with van der Waals surface area (Å²) >= 11 is 0. The molecule has 0 bridgehead atoms. The topological polar surface area (TPSA) is 85.2 Å². The number of hydrogen-bond acceptors (Lipinski definition) is 4. The fourth-order valence-electron chi connectivity index (χ4n) is 1.77. The molecule has 0 aliphatic heterocycles. The van der Waals surface area contributed by atoms with Crippen molar-refractivity contribution in [2.45, 2.75) is 6.92 Å². The molecular formula is C14H16N4O3. The van der Waals surface area contributed by atoms with Gasteiger partial charge in [-0.25, -0.2) is 9.59 Å². The van der Waals surface area contributed by atoms with E-state index in [2.05, 4.69) is 20.5 Å². The van der Waals surface area contributed by atoms with Gasteiger partial charge in [0.25, 0.3) is 0 Å². The second-order valence-electron chi connectivity index (χ2n) is 4.41. The maximum Gasteiger partial charge on any atom is 0.339 e. The zero-order valence-corrected chi connectivity index (χ0v) is 12.0. The minimum atomic E-state index is -0.514. The third-order valence-electron chi connectivity index (χ3n) is 2.94. The maximum atomic E-state index is 11.9. The van der Waals surface area contributed by atoms with Gasteiger partial charge in [-0.1, -0.05) is 12.1 Å². The van der Waals surface area contributed by atoms with Crippen molar-refractivity contribution in [1.82, 2.24) is 9.78 Å². The Balaban J connectivity index is 2.11. The van der Waals surface area contributed by atoms with Gasteiger partial charge >= 0.3 is 12.0 Å². The van der Waals surface area contributed by atoms with Gasteiger partial charge in [-0.15, -0.1) is 0 Å². The van der Waals surface area contributed by atoms with Gasteiger partial charge in [0.15, 0.2) is 5.82 Å². The molecule has 1 aromatic carbocycles. The summed E-state index contributed by atoms with van der Waals surface area (Å²) in [4.78, 5) is 23.6. The molecule has 7 heteroatoms. The van der Waals surface area contributed by atoms with Gasteiger partial charge in [0.05, 0.1) is 18.4 Å². The predicted octanol–water partition coefficient (Wildman–Crippen LogP) is 2.16. The van der Waals surface area contributed by atoms with Gasteiger partial charge in [-0.05, 0) is 19.1 Å². The van der Waals surface area contributed by atoms with Gasteiger partial charge in [-0.3, -0.25) is 10.00 Å². The lowest BCUT2D eigenvalue weighted by molar-refractivity contribution is 0.0602. The van der Waals surface area contributed by atoms with Gasteiger partial charge in [-0.2, -0.15) is 5.10 Å². The molecule has 0 radical (unpaired) electrons. The van der Waals surface area contributed by atoms with Crippen molar-refractivity contribution >= 4 is 23.5 Å². The summed E-state index contributed by atoms with van der Waals surface area (Å²) in [5, 5.41) is 9.32. The first-order valence-electron chi connectivity index (χ1n) is 6.27. The van der Waals surface area contributed by atoms with Crippen LogP contribution < -0.4 is 10.6 Å². The third-order valence-corrected chi connectivity index (χ3v) is 2.94. The number of aromatic nitrogens is 2. The summed E-state index contributed by atoms with van der Waals surface area (Å²) in [5.41, 5.74) is 1.57. The van der Waals surface area contributed by atoms with Crippen molar-refractivity contribution in [3.63, 3.8) is 0 Å². The molecule has 2 aromatic rings. The number of benzene rings is 1. The highest BCUT2D eigenvalue weighted by Crippen LogP contribution is 2.16. The fourth-order valence-corrected chi connectivity index (χ4v) is 1.77. The zero-order valence-electron chi connectivity index (χ0n) is 12.0. The number of nitrogens with one attached hydrogen (secondary N) is 2. The summed E-state index contributed by atoms with van der Waals surface area (Å²) in [7, 11) is 3.07. The van der Waals surface area contributed by atoms with E-state index >= 15 is 0 Å². The Morgan fingerprint density at radius 1 is 1.24 bits per heavy atom. The number of carbonyl (C=O) groups excluding carboxylic acids is 2.